The summed E-state index contributed by atoms with van der Waals surface area (Å²) in [6.07, 6.45) is 5.87. The third-order valence-electron chi connectivity index (χ3n) is 3.66. The maximum atomic E-state index is 6.50. The molecule has 1 nitrogen and oxygen atoms in total. The van der Waals surface area contributed by atoms with Crippen molar-refractivity contribution in [2.24, 2.45) is 11.7 Å². The van der Waals surface area contributed by atoms with Crippen LogP contribution in [0.3, 0.4) is 0 Å². The van der Waals surface area contributed by atoms with Gasteiger partial charge in [-0.05, 0) is 36.3 Å². The largest absolute Gasteiger partial charge is 0.324 e. The Morgan fingerprint density at radius 3 is 2.25 bits per heavy atom. The van der Waals surface area contributed by atoms with Gasteiger partial charge in [0.25, 0.3) is 0 Å². The van der Waals surface area contributed by atoms with E-state index in [2.05, 4.69) is 38.1 Å². The molecule has 1 aliphatic rings. The fourth-order valence-corrected chi connectivity index (χ4v) is 2.76. The van der Waals surface area contributed by atoms with Crippen molar-refractivity contribution in [2.45, 2.75) is 51.5 Å². The van der Waals surface area contributed by atoms with E-state index in [1.807, 2.05) is 0 Å². The maximum Gasteiger partial charge on any atom is 0.0236 e. The molecular formula is C15H23N. The zero-order chi connectivity index (χ0) is 11.6. The van der Waals surface area contributed by atoms with Crippen LogP contribution in [0.15, 0.2) is 24.3 Å². The fourth-order valence-electron chi connectivity index (χ4n) is 2.76. The minimum atomic E-state index is 0.0403. The van der Waals surface area contributed by atoms with Gasteiger partial charge in [0.15, 0.2) is 0 Å². The van der Waals surface area contributed by atoms with Crippen LogP contribution in [-0.2, 0) is 12.8 Å². The molecule has 1 aliphatic carbocycles. The van der Waals surface area contributed by atoms with Gasteiger partial charge in [-0.25, -0.2) is 0 Å². The van der Waals surface area contributed by atoms with Gasteiger partial charge in [0.2, 0.25) is 0 Å². The summed E-state index contributed by atoms with van der Waals surface area (Å²) in [5.74, 6) is 0.798. The van der Waals surface area contributed by atoms with Gasteiger partial charge in [-0.15, -0.1) is 0 Å². The number of hydrogen-bond donors (Lipinski definition) is 1. The van der Waals surface area contributed by atoms with Crippen LogP contribution in [0, 0.1) is 5.92 Å². The first-order chi connectivity index (χ1) is 7.59. The molecule has 0 saturated carbocycles. The summed E-state index contributed by atoms with van der Waals surface area (Å²) in [6.45, 7) is 4.57. The molecule has 88 valence electrons. The van der Waals surface area contributed by atoms with Crippen molar-refractivity contribution in [3.8, 4) is 0 Å². The number of fused-ring (bicyclic) bond motifs is 1. The molecule has 0 heterocycles. The summed E-state index contributed by atoms with van der Waals surface area (Å²) in [5.41, 5.74) is 9.47. The second kappa shape index (κ2) is 4.58. The predicted molar refractivity (Wildman–Crippen MR) is 69.5 cm³/mol. The summed E-state index contributed by atoms with van der Waals surface area (Å²) in [6, 6.07) is 8.70. The lowest BCUT2D eigenvalue weighted by molar-refractivity contribution is 0.380. The average molecular weight is 217 g/mol. The molecule has 1 heteroatoms. The normalized spacial score (nSPS) is 17.8. The third kappa shape index (κ3) is 2.65. The van der Waals surface area contributed by atoms with E-state index in [0.717, 1.165) is 18.8 Å². The van der Waals surface area contributed by atoms with Crippen molar-refractivity contribution in [3.63, 3.8) is 0 Å². The van der Waals surface area contributed by atoms with Crippen LogP contribution < -0.4 is 5.73 Å². The van der Waals surface area contributed by atoms with E-state index in [1.165, 1.54) is 30.4 Å². The number of benzene rings is 1. The molecule has 1 aromatic carbocycles. The van der Waals surface area contributed by atoms with E-state index in [4.69, 9.17) is 5.73 Å². The van der Waals surface area contributed by atoms with E-state index < -0.39 is 0 Å². The van der Waals surface area contributed by atoms with Crippen molar-refractivity contribution in [1.82, 2.24) is 0 Å². The lowest BCUT2D eigenvalue weighted by Crippen LogP contribution is -2.40. The summed E-state index contributed by atoms with van der Waals surface area (Å²) in [7, 11) is 0. The van der Waals surface area contributed by atoms with Crippen molar-refractivity contribution >= 4 is 0 Å². The molecule has 0 aliphatic heterocycles. The van der Waals surface area contributed by atoms with Crippen LogP contribution in [0.4, 0.5) is 0 Å². The first-order valence-corrected chi connectivity index (χ1v) is 6.45. The SMILES string of the molecule is CC(C)CCCC1(N)Cc2ccccc2C1. The minimum Gasteiger partial charge on any atom is -0.324 e. The molecule has 16 heavy (non-hydrogen) atoms. The Kier molecular flexibility index (Phi) is 3.34. The molecule has 0 fully saturated rings. The smallest absolute Gasteiger partial charge is 0.0236 e. The van der Waals surface area contributed by atoms with E-state index in [1.54, 1.807) is 0 Å². The Labute approximate surface area is 99.0 Å². The third-order valence-corrected chi connectivity index (χ3v) is 3.66. The van der Waals surface area contributed by atoms with Crippen LogP contribution in [0.5, 0.6) is 0 Å². The molecule has 0 saturated heterocycles. The van der Waals surface area contributed by atoms with E-state index in [0.29, 0.717) is 0 Å². The Balaban J connectivity index is 1.93. The van der Waals surface area contributed by atoms with Crippen LogP contribution in [-0.4, -0.2) is 5.54 Å². The number of hydrogen-bond acceptors (Lipinski definition) is 1. The Morgan fingerprint density at radius 1 is 1.19 bits per heavy atom. The summed E-state index contributed by atoms with van der Waals surface area (Å²) in [4.78, 5) is 0. The molecular weight excluding hydrogens is 194 g/mol. The van der Waals surface area contributed by atoms with Crippen molar-refractivity contribution < 1.29 is 0 Å². The van der Waals surface area contributed by atoms with Gasteiger partial charge in [0, 0.05) is 5.54 Å². The summed E-state index contributed by atoms with van der Waals surface area (Å²) < 4.78 is 0. The van der Waals surface area contributed by atoms with Crippen LogP contribution in [0.1, 0.15) is 44.2 Å². The average Bonchev–Trinajstić information content (AvgIpc) is 2.53. The van der Waals surface area contributed by atoms with Crippen molar-refractivity contribution in [2.75, 3.05) is 0 Å². The van der Waals surface area contributed by atoms with Gasteiger partial charge in [-0.1, -0.05) is 51.0 Å². The lowest BCUT2D eigenvalue weighted by Gasteiger charge is -2.23. The Bertz CT molecular complexity index is 329. The van der Waals surface area contributed by atoms with Crippen molar-refractivity contribution in [3.05, 3.63) is 35.4 Å². The number of nitrogens with two attached hydrogens (primary N) is 1. The van der Waals surface area contributed by atoms with Crippen LogP contribution in [0.2, 0.25) is 0 Å². The van der Waals surface area contributed by atoms with Gasteiger partial charge in [0.05, 0.1) is 0 Å². The molecule has 0 atom stereocenters. The van der Waals surface area contributed by atoms with Crippen LogP contribution >= 0.6 is 0 Å². The van der Waals surface area contributed by atoms with Gasteiger partial charge >= 0.3 is 0 Å². The first-order valence-electron chi connectivity index (χ1n) is 6.45. The lowest BCUT2D eigenvalue weighted by atomic mass is 9.89. The Hall–Kier alpha value is -0.820. The topological polar surface area (TPSA) is 26.0 Å². The minimum absolute atomic E-state index is 0.0403. The number of rotatable bonds is 4. The monoisotopic (exact) mass is 217 g/mol. The molecule has 1 aromatic rings. The fraction of sp³-hybridized carbons (Fsp3) is 0.600. The highest BCUT2D eigenvalue weighted by Crippen LogP contribution is 2.31. The van der Waals surface area contributed by atoms with E-state index >= 15 is 0 Å². The second-order valence-electron chi connectivity index (χ2n) is 5.77. The van der Waals surface area contributed by atoms with Crippen molar-refractivity contribution in [1.29, 1.82) is 0 Å². The molecule has 0 radical (unpaired) electrons. The molecule has 0 aromatic heterocycles. The zero-order valence-corrected chi connectivity index (χ0v) is 10.5. The second-order valence-corrected chi connectivity index (χ2v) is 5.77. The maximum absolute atomic E-state index is 6.50. The van der Waals surface area contributed by atoms with Gasteiger partial charge < -0.3 is 5.73 Å². The highest BCUT2D eigenvalue weighted by atomic mass is 14.7. The molecule has 2 rings (SSSR count). The summed E-state index contributed by atoms with van der Waals surface area (Å²) >= 11 is 0. The predicted octanol–water partition coefficient (Wildman–Crippen LogP) is 3.31. The molecule has 0 bridgehead atoms. The Morgan fingerprint density at radius 2 is 1.75 bits per heavy atom. The molecule has 2 N–H and O–H groups in total. The zero-order valence-electron chi connectivity index (χ0n) is 10.5. The van der Waals surface area contributed by atoms with E-state index in [9.17, 15) is 0 Å². The highest BCUT2D eigenvalue weighted by molar-refractivity contribution is 5.35. The van der Waals surface area contributed by atoms with Gasteiger partial charge in [-0.2, -0.15) is 0 Å². The summed E-state index contributed by atoms with van der Waals surface area (Å²) in [5, 5.41) is 0. The molecule has 0 unspecified atom stereocenters. The standard InChI is InChI=1S/C15H23N/c1-12(2)6-5-9-15(16)10-13-7-3-4-8-14(13)11-15/h3-4,7-8,12H,5-6,9-11,16H2,1-2H3. The first kappa shape index (κ1) is 11.7. The van der Waals surface area contributed by atoms with Crippen LogP contribution in [0.25, 0.3) is 0 Å². The molecule has 0 spiro atoms. The quantitative estimate of drug-likeness (QED) is 0.822. The van der Waals surface area contributed by atoms with E-state index in [-0.39, 0.29) is 5.54 Å². The van der Waals surface area contributed by atoms with Gasteiger partial charge in [-0.3, -0.25) is 0 Å². The molecule has 0 amide bonds. The highest BCUT2D eigenvalue weighted by Gasteiger charge is 2.32. The van der Waals surface area contributed by atoms with Gasteiger partial charge in [0.1, 0.15) is 0 Å².